The van der Waals surface area contributed by atoms with Gasteiger partial charge in [0, 0.05) is 22.3 Å². The second-order valence-corrected chi connectivity index (χ2v) is 6.77. The predicted octanol–water partition coefficient (Wildman–Crippen LogP) is 7.26. The van der Waals surface area contributed by atoms with E-state index in [1.165, 1.54) is 0 Å². The van der Waals surface area contributed by atoms with Gasteiger partial charge in [-0.3, -0.25) is 0 Å². The van der Waals surface area contributed by atoms with E-state index in [-0.39, 0.29) is 0 Å². The number of hydrogen-bond donors (Lipinski definition) is 0. The molecule has 0 radical (unpaired) electrons. The molecule has 0 bridgehead atoms. The van der Waals surface area contributed by atoms with Crippen LogP contribution in [0.3, 0.4) is 0 Å². The van der Waals surface area contributed by atoms with Crippen LogP contribution in [0.4, 0.5) is 0 Å². The second-order valence-electron chi connectivity index (χ2n) is 5.85. The van der Waals surface area contributed by atoms with Crippen molar-refractivity contribution in [2.24, 2.45) is 0 Å². The Balaban J connectivity index is 1.80. The lowest BCUT2D eigenvalue weighted by Crippen LogP contribution is -1.85. The molecule has 0 saturated carbocycles. The molecule has 28 heavy (non-hydrogen) atoms. The van der Waals surface area contributed by atoms with Gasteiger partial charge in [0.1, 0.15) is 0 Å². The van der Waals surface area contributed by atoms with Crippen LogP contribution < -0.4 is 0 Å². The van der Waals surface area contributed by atoms with E-state index in [0.717, 1.165) is 33.4 Å². The molecule has 0 aliphatic heterocycles. The second kappa shape index (κ2) is 10.5. The Morgan fingerprint density at radius 3 is 1.21 bits per heavy atom. The molecule has 2 heteroatoms. The molecule has 0 unspecified atom stereocenters. The summed E-state index contributed by atoms with van der Waals surface area (Å²) in [7, 11) is 0. The van der Waals surface area contributed by atoms with Gasteiger partial charge >= 0.3 is 0 Å². The minimum atomic E-state index is 0.926. The van der Waals surface area contributed by atoms with E-state index < -0.39 is 0 Å². The van der Waals surface area contributed by atoms with E-state index in [1.807, 2.05) is 70.6 Å². The molecule has 3 aromatic rings. The van der Waals surface area contributed by atoms with Crippen LogP contribution in [0, 0.1) is 23.7 Å². The Morgan fingerprint density at radius 2 is 0.893 bits per heavy atom. The maximum Gasteiger partial charge on any atom is 0.0390 e. The molecule has 0 nitrogen and oxygen atoms in total. The van der Waals surface area contributed by atoms with E-state index in [4.69, 9.17) is 0 Å². The van der Waals surface area contributed by atoms with E-state index in [2.05, 4.69) is 79.8 Å². The molecule has 0 aromatic heterocycles. The summed E-state index contributed by atoms with van der Waals surface area (Å²) in [4.78, 5) is 3.71. The SMILES string of the molecule is Br/C=C(\C#Cc1ccccc1)c1ccc(/C(C#Cc2ccccc2)=C/Br)cc1. The van der Waals surface area contributed by atoms with Gasteiger partial charge in [0.25, 0.3) is 0 Å². The minimum absolute atomic E-state index is 0.926. The third kappa shape index (κ3) is 5.61. The molecule has 0 amide bonds. The predicted molar refractivity (Wildman–Crippen MR) is 127 cm³/mol. The number of rotatable bonds is 2. The van der Waals surface area contributed by atoms with E-state index in [0.29, 0.717) is 0 Å². The van der Waals surface area contributed by atoms with Crippen LogP contribution in [0.5, 0.6) is 0 Å². The van der Waals surface area contributed by atoms with Crippen molar-refractivity contribution in [3.8, 4) is 23.7 Å². The molecule has 3 rings (SSSR count). The number of allylic oxidation sites excluding steroid dienone is 2. The molecule has 0 aliphatic carbocycles. The Kier molecular flexibility index (Phi) is 7.51. The molecule has 0 N–H and O–H groups in total. The van der Waals surface area contributed by atoms with E-state index >= 15 is 0 Å². The first-order valence-electron chi connectivity index (χ1n) is 8.66. The summed E-state index contributed by atoms with van der Waals surface area (Å²) in [6, 6.07) is 28.2. The lowest BCUT2D eigenvalue weighted by Gasteiger charge is -2.03. The fourth-order valence-corrected chi connectivity index (χ4v) is 3.23. The standard InChI is InChI=1S/C26H16Br2/c27-19-25(13-11-21-7-3-1-4-8-21)23-15-17-24(18-16-23)26(20-28)14-12-22-9-5-2-6-10-22/h1-10,15-20H/b25-19+,26-20+. The first-order valence-corrected chi connectivity index (χ1v) is 10.5. The molecule has 0 atom stereocenters. The van der Waals surface area contributed by atoms with Crippen molar-refractivity contribution >= 4 is 43.0 Å². The Labute approximate surface area is 183 Å². The zero-order chi connectivity index (χ0) is 19.6. The molecule has 0 saturated heterocycles. The largest absolute Gasteiger partial charge is 0.0622 e. The van der Waals surface area contributed by atoms with E-state index in [1.54, 1.807) is 0 Å². The van der Waals surface area contributed by atoms with Gasteiger partial charge in [-0.05, 0) is 45.4 Å². The highest BCUT2D eigenvalue weighted by atomic mass is 79.9. The average molecular weight is 488 g/mol. The maximum atomic E-state index is 3.43. The van der Waals surface area contributed by atoms with Gasteiger partial charge in [0.05, 0.1) is 0 Å². The summed E-state index contributed by atoms with van der Waals surface area (Å²) < 4.78 is 0. The molecule has 134 valence electrons. The third-order valence-electron chi connectivity index (χ3n) is 3.96. The molecule has 0 spiro atoms. The molecular formula is C26H16Br2. The van der Waals surface area contributed by atoms with Crippen LogP contribution in [0.2, 0.25) is 0 Å². The van der Waals surface area contributed by atoms with Crippen molar-refractivity contribution in [2.45, 2.75) is 0 Å². The summed E-state index contributed by atoms with van der Waals surface area (Å²) in [5.41, 5.74) is 5.94. The summed E-state index contributed by atoms with van der Waals surface area (Å²) in [5.74, 6) is 12.8. The van der Waals surface area contributed by atoms with Crippen LogP contribution >= 0.6 is 31.9 Å². The highest BCUT2D eigenvalue weighted by molar-refractivity contribution is 9.11. The van der Waals surface area contributed by atoms with Crippen molar-refractivity contribution in [3.63, 3.8) is 0 Å². The average Bonchev–Trinajstić information content (AvgIpc) is 2.77. The van der Waals surface area contributed by atoms with Gasteiger partial charge in [-0.15, -0.1) is 0 Å². The maximum absolute atomic E-state index is 3.43. The van der Waals surface area contributed by atoms with Crippen LogP contribution in [0.15, 0.2) is 94.9 Å². The molecule has 0 aliphatic rings. The lowest BCUT2D eigenvalue weighted by molar-refractivity contribution is 1.59. The Hall–Kier alpha value is -2.78. The Morgan fingerprint density at radius 1 is 0.536 bits per heavy atom. The van der Waals surface area contributed by atoms with Crippen LogP contribution in [0.1, 0.15) is 22.3 Å². The van der Waals surface area contributed by atoms with Crippen LogP contribution in [-0.4, -0.2) is 0 Å². The van der Waals surface area contributed by atoms with Crippen molar-refractivity contribution in [1.29, 1.82) is 0 Å². The summed E-state index contributed by atoms with van der Waals surface area (Å²) in [6.45, 7) is 0. The highest BCUT2D eigenvalue weighted by Gasteiger charge is 2.02. The first-order chi connectivity index (χ1) is 13.8. The van der Waals surface area contributed by atoms with Crippen molar-refractivity contribution in [3.05, 3.63) is 117 Å². The van der Waals surface area contributed by atoms with Crippen LogP contribution in [0.25, 0.3) is 11.1 Å². The zero-order valence-corrected chi connectivity index (χ0v) is 18.2. The van der Waals surface area contributed by atoms with Crippen molar-refractivity contribution < 1.29 is 0 Å². The fraction of sp³-hybridized carbons (Fsp3) is 0. The smallest absolute Gasteiger partial charge is 0.0390 e. The van der Waals surface area contributed by atoms with Gasteiger partial charge < -0.3 is 0 Å². The van der Waals surface area contributed by atoms with Gasteiger partial charge in [0.2, 0.25) is 0 Å². The van der Waals surface area contributed by atoms with Gasteiger partial charge in [0.15, 0.2) is 0 Å². The summed E-state index contributed by atoms with van der Waals surface area (Å²) >= 11 is 6.86. The number of halogens is 2. The van der Waals surface area contributed by atoms with Gasteiger partial charge in [-0.1, -0.05) is 116 Å². The summed E-state index contributed by atoms with van der Waals surface area (Å²) in [5, 5.41) is 0. The quantitative estimate of drug-likeness (QED) is 0.333. The van der Waals surface area contributed by atoms with E-state index in [9.17, 15) is 0 Å². The first kappa shape index (κ1) is 20.0. The number of benzene rings is 3. The zero-order valence-electron chi connectivity index (χ0n) is 15.0. The third-order valence-corrected chi connectivity index (χ3v) is 4.87. The molecule has 0 heterocycles. The monoisotopic (exact) mass is 486 g/mol. The van der Waals surface area contributed by atoms with Crippen LogP contribution in [-0.2, 0) is 0 Å². The normalized spacial score (nSPS) is 11.1. The van der Waals surface area contributed by atoms with Crippen molar-refractivity contribution in [1.82, 2.24) is 0 Å². The topological polar surface area (TPSA) is 0 Å². The fourth-order valence-electron chi connectivity index (χ4n) is 2.48. The van der Waals surface area contributed by atoms with Gasteiger partial charge in [-0.2, -0.15) is 0 Å². The number of hydrogen-bond acceptors (Lipinski definition) is 0. The highest BCUT2D eigenvalue weighted by Crippen LogP contribution is 2.21. The minimum Gasteiger partial charge on any atom is -0.0622 e. The molecule has 3 aromatic carbocycles. The molecule has 0 fully saturated rings. The summed E-state index contributed by atoms with van der Waals surface area (Å²) in [6.07, 6.45) is 0. The molecular weight excluding hydrogens is 472 g/mol. The van der Waals surface area contributed by atoms with Gasteiger partial charge in [-0.25, -0.2) is 0 Å². The Bertz CT molecular complexity index is 1010. The van der Waals surface area contributed by atoms with Crippen molar-refractivity contribution in [2.75, 3.05) is 0 Å². The lowest BCUT2D eigenvalue weighted by atomic mass is 10.0.